The lowest BCUT2D eigenvalue weighted by molar-refractivity contribution is -0.121. The van der Waals surface area contributed by atoms with Crippen LogP contribution < -0.4 is 15.5 Å². The first-order chi connectivity index (χ1) is 16.3. The number of carbonyl (C=O) groups is 2. The lowest BCUT2D eigenvalue weighted by Crippen LogP contribution is -2.55. The molecule has 5 fully saturated rings. The first-order valence-electron chi connectivity index (χ1n) is 13.0. The van der Waals surface area contributed by atoms with E-state index in [-0.39, 0.29) is 11.8 Å². The van der Waals surface area contributed by atoms with Crippen LogP contribution >= 0.6 is 0 Å². The Morgan fingerprint density at radius 3 is 2.38 bits per heavy atom. The third-order valence-electron chi connectivity index (χ3n) is 8.26. The Morgan fingerprint density at radius 1 is 1.12 bits per heavy atom. The van der Waals surface area contributed by atoms with Gasteiger partial charge in [-0.1, -0.05) is 6.92 Å². The second-order valence-electron chi connectivity index (χ2n) is 11.3. The van der Waals surface area contributed by atoms with Gasteiger partial charge in [0.25, 0.3) is 5.91 Å². The highest BCUT2D eigenvalue weighted by Crippen LogP contribution is 2.53. The van der Waals surface area contributed by atoms with E-state index in [1.54, 1.807) is 10.9 Å². The molecule has 2 heterocycles. The molecule has 8 heteroatoms. The minimum absolute atomic E-state index is 0.000693. The predicted molar refractivity (Wildman–Crippen MR) is 131 cm³/mol. The number of amides is 2. The fraction of sp³-hybridized carbons (Fsp3) is 0.731. The fourth-order valence-corrected chi connectivity index (χ4v) is 6.85. The van der Waals surface area contributed by atoms with Gasteiger partial charge in [-0.15, -0.1) is 0 Å². The van der Waals surface area contributed by atoms with Gasteiger partial charge in [-0.25, -0.2) is 4.68 Å². The number of ether oxygens (including phenoxy) is 1. The van der Waals surface area contributed by atoms with E-state index in [4.69, 9.17) is 4.74 Å². The van der Waals surface area contributed by atoms with Gasteiger partial charge in [0, 0.05) is 31.8 Å². The van der Waals surface area contributed by atoms with Crippen LogP contribution in [0.25, 0.3) is 6.20 Å². The molecule has 34 heavy (non-hydrogen) atoms. The fourth-order valence-electron chi connectivity index (χ4n) is 6.85. The third-order valence-corrected chi connectivity index (χ3v) is 8.26. The van der Waals surface area contributed by atoms with Crippen LogP contribution in [0.1, 0.15) is 69.7 Å². The van der Waals surface area contributed by atoms with Gasteiger partial charge in [0.15, 0.2) is 0 Å². The molecule has 2 N–H and O–H groups in total. The number of hydrogen-bond acceptors (Lipinski definition) is 5. The van der Waals surface area contributed by atoms with Crippen LogP contribution in [0.2, 0.25) is 0 Å². The maximum Gasteiger partial charge on any atom is 0.256 e. The number of morpholine rings is 1. The number of nitrogens with one attached hydrogen (secondary N) is 2. The lowest BCUT2D eigenvalue weighted by Gasteiger charge is -2.54. The van der Waals surface area contributed by atoms with Crippen molar-refractivity contribution in [3.63, 3.8) is 0 Å². The molecule has 5 aliphatic rings. The zero-order valence-electron chi connectivity index (χ0n) is 20.8. The maximum atomic E-state index is 13.6. The van der Waals surface area contributed by atoms with Crippen LogP contribution in [0.4, 0.5) is 5.82 Å². The number of anilines is 1. The number of rotatable bonds is 7. The normalized spacial score (nSPS) is 30.7. The molecular formula is C26H39N5O3. The molecule has 4 bridgehead atoms. The highest BCUT2D eigenvalue weighted by Gasteiger charge is 2.48. The molecule has 2 amide bonds. The molecule has 1 aromatic rings. The molecule has 0 unspecified atom stereocenters. The maximum absolute atomic E-state index is 13.6. The summed E-state index contributed by atoms with van der Waals surface area (Å²) < 4.78 is 7.33. The second kappa shape index (κ2) is 9.36. The van der Waals surface area contributed by atoms with Gasteiger partial charge in [0.05, 0.1) is 24.9 Å². The van der Waals surface area contributed by atoms with Gasteiger partial charge in [-0.3, -0.25) is 9.59 Å². The van der Waals surface area contributed by atoms with Crippen LogP contribution in [-0.2, 0) is 9.53 Å². The van der Waals surface area contributed by atoms with Crippen molar-refractivity contribution in [2.75, 3.05) is 31.2 Å². The molecule has 0 radical (unpaired) electrons. The van der Waals surface area contributed by atoms with Crippen molar-refractivity contribution in [2.24, 2.45) is 23.7 Å². The Bertz CT molecular complexity index is 918. The minimum Gasteiger partial charge on any atom is -0.378 e. The molecule has 0 atom stereocenters. The Morgan fingerprint density at radius 2 is 1.76 bits per heavy atom. The molecule has 1 aliphatic heterocycles. The van der Waals surface area contributed by atoms with Crippen LogP contribution in [0.3, 0.4) is 0 Å². The van der Waals surface area contributed by atoms with E-state index in [1.807, 2.05) is 33.0 Å². The summed E-state index contributed by atoms with van der Waals surface area (Å²) in [6.45, 7) is 8.44. The zero-order valence-corrected chi connectivity index (χ0v) is 20.8. The van der Waals surface area contributed by atoms with Crippen molar-refractivity contribution in [1.82, 2.24) is 20.4 Å². The number of carbonyl (C=O) groups excluding carboxylic acids is 2. The first kappa shape index (κ1) is 23.4. The van der Waals surface area contributed by atoms with Crippen LogP contribution in [0, 0.1) is 23.7 Å². The molecule has 1 aromatic heterocycles. The molecule has 4 saturated carbocycles. The molecule has 8 nitrogen and oxygen atoms in total. The van der Waals surface area contributed by atoms with Gasteiger partial charge in [-0.05, 0) is 75.7 Å². The van der Waals surface area contributed by atoms with E-state index in [0.717, 1.165) is 17.7 Å². The minimum atomic E-state index is -0.524. The van der Waals surface area contributed by atoms with E-state index in [2.05, 4.69) is 20.6 Å². The number of nitrogens with zero attached hydrogens (tertiary/aromatic N) is 3. The highest BCUT2D eigenvalue weighted by atomic mass is 16.5. The zero-order chi connectivity index (χ0) is 23.9. The molecule has 0 spiro atoms. The van der Waals surface area contributed by atoms with Crippen LogP contribution in [-0.4, -0.2) is 59.5 Å². The SMILES string of the molecule is CCC(=O)NC(C)(C)/C=C/n1ncc(C(=O)NC2C3CC4CC(C3)CC2C4)c1N1CCOCC1. The van der Waals surface area contributed by atoms with Crippen molar-refractivity contribution in [3.05, 3.63) is 17.8 Å². The van der Waals surface area contributed by atoms with Gasteiger partial charge >= 0.3 is 0 Å². The first-order valence-corrected chi connectivity index (χ1v) is 13.0. The van der Waals surface area contributed by atoms with Gasteiger partial charge in [0.2, 0.25) is 5.91 Å². The summed E-state index contributed by atoms with van der Waals surface area (Å²) in [4.78, 5) is 27.7. The van der Waals surface area contributed by atoms with E-state index in [1.165, 1.54) is 32.1 Å². The van der Waals surface area contributed by atoms with Crippen LogP contribution in [0.5, 0.6) is 0 Å². The monoisotopic (exact) mass is 469 g/mol. The standard InChI is InChI=1S/C26H39N5O3/c1-4-22(32)29-26(2,3)5-6-31-25(30-7-9-34-10-8-30)21(16-27-31)24(33)28-23-19-12-17-11-18(14-19)15-20(23)13-17/h5-6,16-20,23H,4,7-15H2,1-3H3,(H,28,33)(H,29,32)/b6-5+. The molecule has 186 valence electrons. The van der Waals surface area contributed by atoms with Crippen molar-refractivity contribution < 1.29 is 14.3 Å². The highest BCUT2D eigenvalue weighted by molar-refractivity contribution is 5.99. The van der Waals surface area contributed by atoms with E-state index < -0.39 is 5.54 Å². The van der Waals surface area contributed by atoms with Crippen molar-refractivity contribution in [2.45, 2.75) is 70.9 Å². The summed E-state index contributed by atoms with van der Waals surface area (Å²) in [5.41, 5.74) is 0.0974. The Labute approximate surface area is 202 Å². The molecule has 1 saturated heterocycles. The van der Waals surface area contributed by atoms with Crippen molar-refractivity contribution in [3.8, 4) is 0 Å². The average molecular weight is 470 g/mol. The van der Waals surface area contributed by atoms with Gasteiger partial charge < -0.3 is 20.3 Å². The van der Waals surface area contributed by atoms with Crippen molar-refractivity contribution in [1.29, 1.82) is 0 Å². The summed E-state index contributed by atoms with van der Waals surface area (Å²) in [6, 6.07) is 0.292. The number of aromatic nitrogens is 2. The molecular weight excluding hydrogens is 430 g/mol. The molecule has 0 aromatic carbocycles. The van der Waals surface area contributed by atoms with Gasteiger partial charge in [-0.2, -0.15) is 5.10 Å². The Hall–Kier alpha value is -2.35. The summed E-state index contributed by atoms with van der Waals surface area (Å²) in [6.07, 6.45) is 12.4. The number of hydrogen-bond donors (Lipinski definition) is 2. The van der Waals surface area contributed by atoms with Gasteiger partial charge in [0.1, 0.15) is 11.4 Å². The average Bonchev–Trinajstić information content (AvgIpc) is 3.24. The lowest BCUT2D eigenvalue weighted by atomic mass is 9.54. The van der Waals surface area contributed by atoms with E-state index >= 15 is 0 Å². The summed E-state index contributed by atoms with van der Waals surface area (Å²) in [5.74, 6) is 3.80. The van der Waals surface area contributed by atoms with Crippen LogP contribution in [0.15, 0.2) is 12.3 Å². The molecule has 6 rings (SSSR count). The quantitative estimate of drug-likeness (QED) is 0.641. The van der Waals surface area contributed by atoms with E-state index in [0.29, 0.717) is 56.2 Å². The smallest absolute Gasteiger partial charge is 0.256 e. The Balaban J connectivity index is 1.37. The summed E-state index contributed by atoms with van der Waals surface area (Å²) in [5, 5.41) is 11.0. The second-order valence-corrected chi connectivity index (χ2v) is 11.3. The molecule has 4 aliphatic carbocycles. The van der Waals surface area contributed by atoms with Crippen molar-refractivity contribution >= 4 is 23.8 Å². The summed E-state index contributed by atoms with van der Waals surface area (Å²) >= 11 is 0. The summed E-state index contributed by atoms with van der Waals surface area (Å²) in [7, 11) is 0. The largest absolute Gasteiger partial charge is 0.378 e. The van der Waals surface area contributed by atoms with E-state index in [9.17, 15) is 9.59 Å². The predicted octanol–water partition coefficient (Wildman–Crippen LogP) is 3.05. The third kappa shape index (κ3) is 4.74. The topological polar surface area (TPSA) is 88.5 Å². The Kier molecular flexibility index (Phi) is 6.44.